The molecule has 0 amide bonds. The maximum Gasteiger partial charge on any atom is 0.163 e. The normalized spacial score (nSPS) is 10.3. The van der Waals surface area contributed by atoms with E-state index < -0.39 is 0 Å². The van der Waals surface area contributed by atoms with Crippen molar-refractivity contribution in [1.29, 1.82) is 0 Å². The van der Waals surface area contributed by atoms with Crippen LogP contribution in [0.4, 0.5) is 0 Å². The van der Waals surface area contributed by atoms with Crippen LogP contribution in [0.25, 0.3) is 0 Å². The third-order valence-corrected chi connectivity index (χ3v) is 3.37. The van der Waals surface area contributed by atoms with Gasteiger partial charge >= 0.3 is 0 Å². The van der Waals surface area contributed by atoms with Gasteiger partial charge in [0, 0.05) is 5.33 Å². The van der Waals surface area contributed by atoms with E-state index >= 15 is 0 Å². The number of benzene rings is 1. The minimum absolute atomic E-state index is 0.824. The minimum Gasteiger partial charge on any atom is -0.493 e. The summed E-state index contributed by atoms with van der Waals surface area (Å²) < 4.78 is 10.7. The number of alkyl halides is 1. The van der Waals surface area contributed by atoms with Gasteiger partial charge in [0.1, 0.15) is 0 Å². The summed E-state index contributed by atoms with van der Waals surface area (Å²) in [5.74, 6) is 1.71. The Morgan fingerprint density at radius 3 is 2.41 bits per heavy atom. The molecule has 0 aliphatic rings. The molecule has 0 radical (unpaired) electrons. The van der Waals surface area contributed by atoms with Crippen LogP contribution in [0.3, 0.4) is 0 Å². The zero-order valence-corrected chi connectivity index (χ0v) is 12.3. The first-order valence-corrected chi connectivity index (χ1v) is 7.21. The van der Waals surface area contributed by atoms with E-state index in [0.29, 0.717) is 0 Å². The molecule has 0 N–H and O–H groups in total. The Morgan fingerprint density at radius 2 is 1.76 bits per heavy atom. The SMILES string of the molecule is COc1cccc(CCCCCCBr)c1OC. The fraction of sp³-hybridized carbons (Fsp3) is 0.571. The molecule has 0 fully saturated rings. The quantitative estimate of drug-likeness (QED) is 0.529. The number of halogens is 1. The first-order chi connectivity index (χ1) is 8.33. The summed E-state index contributed by atoms with van der Waals surface area (Å²) in [4.78, 5) is 0. The molecule has 3 heteroatoms. The number of methoxy groups -OCH3 is 2. The summed E-state index contributed by atoms with van der Waals surface area (Å²) in [5, 5.41) is 1.11. The molecule has 1 rings (SSSR count). The predicted molar refractivity (Wildman–Crippen MR) is 75.5 cm³/mol. The van der Waals surface area contributed by atoms with Gasteiger partial charge < -0.3 is 9.47 Å². The van der Waals surface area contributed by atoms with Gasteiger partial charge in [0.25, 0.3) is 0 Å². The number of ether oxygens (including phenoxy) is 2. The van der Waals surface area contributed by atoms with E-state index in [2.05, 4.69) is 22.0 Å². The number of unbranched alkanes of at least 4 members (excludes halogenated alkanes) is 3. The van der Waals surface area contributed by atoms with Crippen LogP contribution in [0.1, 0.15) is 31.2 Å². The molecule has 0 saturated carbocycles. The van der Waals surface area contributed by atoms with E-state index in [4.69, 9.17) is 9.47 Å². The Bertz CT molecular complexity index is 326. The summed E-state index contributed by atoms with van der Waals surface area (Å²) in [6, 6.07) is 6.08. The van der Waals surface area contributed by atoms with Crippen molar-refractivity contribution >= 4 is 15.9 Å². The van der Waals surface area contributed by atoms with E-state index in [9.17, 15) is 0 Å². The molecule has 1 aromatic carbocycles. The molecule has 0 unspecified atom stereocenters. The van der Waals surface area contributed by atoms with Crippen LogP contribution >= 0.6 is 15.9 Å². The van der Waals surface area contributed by atoms with Gasteiger partial charge in [0.15, 0.2) is 11.5 Å². The van der Waals surface area contributed by atoms with E-state index in [1.165, 1.54) is 31.2 Å². The summed E-state index contributed by atoms with van der Waals surface area (Å²) in [7, 11) is 3.38. The lowest BCUT2D eigenvalue weighted by Gasteiger charge is -2.12. The highest BCUT2D eigenvalue weighted by atomic mass is 79.9. The van der Waals surface area contributed by atoms with Crippen LogP contribution in [0.2, 0.25) is 0 Å². The molecule has 0 aliphatic carbocycles. The van der Waals surface area contributed by atoms with Crippen molar-refractivity contribution in [3.63, 3.8) is 0 Å². The molecular formula is C14H21BrO2. The topological polar surface area (TPSA) is 18.5 Å². The molecule has 17 heavy (non-hydrogen) atoms. The third kappa shape index (κ3) is 4.58. The monoisotopic (exact) mass is 300 g/mol. The summed E-state index contributed by atoms with van der Waals surface area (Å²) in [6.07, 6.45) is 6.08. The van der Waals surface area contributed by atoms with Crippen LogP contribution < -0.4 is 9.47 Å². The van der Waals surface area contributed by atoms with Gasteiger partial charge in [0.05, 0.1) is 14.2 Å². The Morgan fingerprint density at radius 1 is 1.00 bits per heavy atom. The minimum atomic E-state index is 0.824. The van der Waals surface area contributed by atoms with Gasteiger partial charge in [-0.25, -0.2) is 0 Å². The van der Waals surface area contributed by atoms with Gasteiger partial charge in [-0.2, -0.15) is 0 Å². The average Bonchev–Trinajstić information content (AvgIpc) is 2.38. The smallest absolute Gasteiger partial charge is 0.163 e. The van der Waals surface area contributed by atoms with Gasteiger partial charge in [-0.3, -0.25) is 0 Å². The zero-order chi connectivity index (χ0) is 12.5. The predicted octanol–water partition coefficient (Wildman–Crippen LogP) is 4.20. The number of para-hydroxylation sites is 1. The fourth-order valence-electron chi connectivity index (χ4n) is 1.91. The van der Waals surface area contributed by atoms with Crippen LogP contribution in [0.5, 0.6) is 11.5 Å². The van der Waals surface area contributed by atoms with Crippen molar-refractivity contribution in [3.8, 4) is 11.5 Å². The molecule has 0 spiro atoms. The molecule has 0 aromatic heterocycles. The van der Waals surface area contributed by atoms with E-state index in [0.717, 1.165) is 23.2 Å². The Kier molecular flexibility index (Phi) is 7.10. The molecule has 0 aliphatic heterocycles. The van der Waals surface area contributed by atoms with Gasteiger partial charge in [-0.1, -0.05) is 40.9 Å². The molecule has 0 atom stereocenters. The first-order valence-electron chi connectivity index (χ1n) is 6.09. The number of rotatable bonds is 8. The van der Waals surface area contributed by atoms with Gasteiger partial charge in [0.2, 0.25) is 0 Å². The molecule has 0 heterocycles. The zero-order valence-electron chi connectivity index (χ0n) is 10.7. The van der Waals surface area contributed by atoms with Crippen molar-refractivity contribution in [2.75, 3.05) is 19.5 Å². The van der Waals surface area contributed by atoms with E-state index in [-0.39, 0.29) is 0 Å². The number of aryl methyl sites for hydroxylation is 1. The van der Waals surface area contributed by atoms with Crippen LogP contribution in [-0.4, -0.2) is 19.5 Å². The van der Waals surface area contributed by atoms with E-state index in [1.54, 1.807) is 14.2 Å². The number of hydrogen-bond donors (Lipinski definition) is 0. The van der Waals surface area contributed by atoms with Crippen molar-refractivity contribution in [3.05, 3.63) is 23.8 Å². The summed E-state index contributed by atoms with van der Waals surface area (Å²) >= 11 is 3.45. The van der Waals surface area contributed by atoms with Crippen LogP contribution in [0, 0.1) is 0 Å². The highest BCUT2D eigenvalue weighted by Crippen LogP contribution is 2.31. The lowest BCUT2D eigenvalue weighted by Crippen LogP contribution is -1.96. The van der Waals surface area contributed by atoms with Crippen molar-refractivity contribution < 1.29 is 9.47 Å². The van der Waals surface area contributed by atoms with Crippen molar-refractivity contribution in [2.24, 2.45) is 0 Å². The second-order valence-corrected chi connectivity index (χ2v) is 4.80. The largest absolute Gasteiger partial charge is 0.493 e. The lowest BCUT2D eigenvalue weighted by molar-refractivity contribution is 0.351. The summed E-state index contributed by atoms with van der Waals surface area (Å²) in [5.41, 5.74) is 1.24. The average molecular weight is 301 g/mol. The van der Waals surface area contributed by atoms with Crippen LogP contribution in [-0.2, 0) is 6.42 Å². The lowest BCUT2D eigenvalue weighted by atomic mass is 10.0. The molecule has 2 nitrogen and oxygen atoms in total. The number of hydrogen-bond acceptors (Lipinski definition) is 2. The Balaban J connectivity index is 2.52. The van der Waals surface area contributed by atoms with Crippen molar-refractivity contribution in [1.82, 2.24) is 0 Å². The van der Waals surface area contributed by atoms with Gasteiger partial charge in [-0.05, 0) is 30.9 Å². The first kappa shape index (κ1) is 14.4. The standard InChI is InChI=1S/C14H21BrO2/c1-16-13-10-7-9-12(14(13)17-2)8-5-3-4-6-11-15/h7,9-10H,3-6,8,11H2,1-2H3. The van der Waals surface area contributed by atoms with Crippen LogP contribution in [0.15, 0.2) is 18.2 Å². The third-order valence-electron chi connectivity index (χ3n) is 2.81. The summed E-state index contributed by atoms with van der Waals surface area (Å²) in [6.45, 7) is 0. The molecule has 0 saturated heterocycles. The van der Waals surface area contributed by atoms with E-state index in [1.807, 2.05) is 12.1 Å². The highest BCUT2D eigenvalue weighted by Gasteiger charge is 2.08. The molecular weight excluding hydrogens is 280 g/mol. The van der Waals surface area contributed by atoms with Crippen molar-refractivity contribution in [2.45, 2.75) is 32.1 Å². The Hall–Kier alpha value is -0.700. The molecule has 0 bridgehead atoms. The Labute approximate surface area is 112 Å². The second kappa shape index (κ2) is 8.40. The molecule has 96 valence electrons. The maximum absolute atomic E-state index is 5.41. The highest BCUT2D eigenvalue weighted by molar-refractivity contribution is 9.09. The second-order valence-electron chi connectivity index (χ2n) is 4.01. The fourth-order valence-corrected chi connectivity index (χ4v) is 2.31. The maximum atomic E-state index is 5.41. The van der Waals surface area contributed by atoms with Gasteiger partial charge in [-0.15, -0.1) is 0 Å². The molecule has 1 aromatic rings.